The van der Waals surface area contributed by atoms with Gasteiger partial charge in [-0.2, -0.15) is 5.10 Å². The lowest BCUT2D eigenvalue weighted by atomic mass is 10.1. The van der Waals surface area contributed by atoms with Gasteiger partial charge in [0, 0.05) is 10.6 Å². The first-order valence-corrected chi connectivity index (χ1v) is 7.01. The van der Waals surface area contributed by atoms with Gasteiger partial charge in [-0.25, -0.2) is 4.68 Å². The van der Waals surface area contributed by atoms with Crippen LogP contribution in [-0.4, -0.2) is 16.1 Å². The summed E-state index contributed by atoms with van der Waals surface area (Å²) in [6, 6.07) is 16.6. The molecule has 104 valence electrons. The van der Waals surface area contributed by atoms with Crippen molar-refractivity contribution in [3.05, 3.63) is 70.3 Å². The highest BCUT2D eigenvalue weighted by atomic mass is 35.5. The number of carbonyl (C=O) groups is 1. The van der Waals surface area contributed by atoms with Crippen LogP contribution in [0, 0.1) is 0 Å². The number of nitrogens with zero attached hydrogens (tertiary/aromatic N) is 2. The average molecular weight is 317 g/mol. The molecule has 3 nitrogen and oxygen atoms in total. The monoisotopic (exact) mass is 316 g/mol. The lowest BCUT2D eigenvalue weighted by Crippen LogP contribution is -1.96. The Bertz CT molecular complexity index is 797. The van der Waals surface area contributed by atoms with Crippen molar-refractivity contribution in [2.45, 2.75) is 0 Å². The summed E-state index contributed by atoms with van der Waals surface area (Å²) in [5.41, 5.74) is 2.41. The molecule has 0 aliphatic carbocycles. The van der Waals surface area contributed by atoms with Crippen LogP contribution in [0.4, 0.5) is 0 Å². The third-order valence-corrected chi connectivity index (χ3v) is 3.68. The van der Waals surface area contributed by atoms with Crippen LogP contribution in [0.5, 0.6) is 0 Å². The summed E-state index contributed by atoms with van der Waals surface area (Å²) in [6.07, 6.45) is 0.713. The minimum absolute atomic E-state index is 0.283. The van der Waals surface area contributed by atoms with Crippen LogP contribution in [0.2, 0.25) is 10.2 Å². The summed E-state index contributed by atoms with van der Waals surface area (Å²) in [6.45, 7) is 0. The fraction of sp³-hybridized carbons (Fsp3) is 0. The van der Waals surface area contributed by atoms with Gasteiger partial charge in [-0.05, 0) is 24.3 Å². The number of benzene rings is 2. The van der Waals surface area contributed by atoms with Gasteiger partial charge in [0.1, 0.15) is 10.8 Å². The molecule has 3 aromatic rings. The molecule has 0 saturated carbocycles. The molecule has 0 saturated heterocycles. The van der Waals surface area contributed by atoms with E-state index >= 15 is 0 Å². The van der Waals surface area contributed by atoms with Crippen LogP contribution < -0.4 is 0 Å². The summed E-state index contributed by atoms with van der Waals surface area (Å²) >= 11 is 12.3. The van der Waals surface area contributed by atoms with Crippen LogP contribution in [-0.2, 0) is 0 Å². The summed E-state index contributed by atoms with van der Waals surface area (Å²) < 4.78 is 1.54. The molecule has 1 aromatic heterocycles. The Balaban J connectivity index is 2.21. The van der Waals surface area contributed by atoms with E-state index in [1.54, 1.807) is 16.8 Å². The zero-order valence-electron chi connectivity index (χ0n) is 10.8. The van der Waals surface area contributed by atoms with Crippen LogP contribution in [0.3, 0.4) is 0 Å². The maximum atomic E-state index is 11.4. The van der Waals surface area contributed by atoms with Crippen molar-refractivity contribution in [3.8, 4) is 16.9 Å². The first kappa shape index (κ1) is 13.9. The van der Waals surface area contributed by atoms with E-state index in [2.05, 4.69) is 5.10 Å². The highest BCUT2D eigenvalue weighted by Gasteiger charge is 2.18. The van der Waals surface area contributed by atoms with Crippen molar-refractivity contribution in [2.75, 3.05) is 0 Å². The standard InChI is InChI=1S/C16H10Cl2N2O/c17-12-6-4-5-11(9-12)15-14(10-21)16(18)20(19-15)13-7-2-1-3-8-13/h1-10H. The van der Waals surface area contributed by atoms with Crippen LogP contribution in [0.25, 0.3) is 16.9 Å². The normalized spacial score (nSPS) is 10.6. The third kappa shape index (κ3) is 2.58. The van der Waals surface area contributed by atoms with E-state index in [9.17, 15) is 4.79 Å². The van der Waals surface area contributed by atoms with Gasteiger partial charge in [0.25, 0.3) is 0 Å². The molecule has 1 heterocycles. The fourth-order valence-electron chi connectivity index (χ4n) is 2.10. The lowest BCUT2D eigenvalue weighted by Gasteiger charge is -2.01. The Morgan fingerprint density at radius 3 is 2.43 bits per heavy atom. The van der Waals surface area contributed by atoms with Crippen LogP contribution in [0.1, 0.15) is 10.4 Å². The summed E-state index contributed by atoms with van der Waals surface area (Å²) in [5.74, 6) is 0. The van der Waals surface area contributed by atoms with Crippen molar-refractivity contribution in [2.24, 2.45) is 0 Å². The van der Waals surface area contributed by atoms with Gasteiger partial charge in [-0.15, -0.1) is 0 Å². The van der Waals surface area contributed by atoms with E-state index in [-0.39, 0.29) is 5.15 Å². The second-order valence-electron chi connectivity index (χ2n) is 4.43. The molecule has 21 heavy (non-hydrogen) atoms. The maximum absolute atomic E-state index is 11.4. The van der Waals surface area contributed by atoms with E-state index in [4.69, 9.17) is 23.2 Å². The molecule has 0 aliphatic rings. The minimum atomic E-state index is 0.283. The van der Waals surface area contributed by atoms with Crippen LogP contribution >= 0.6 is 23.2 Å². The predicted octanol–water partition coefficient (Wildman–Crippen LogP) is 4.66. The largest absolute Gasteiger partial charge is 0.298 e. The molecule has 0 aliphatic heterocycles. The summed E-state index contributed by atoms with van der Waals surface area (Å²) in [7, 11) is 0. The molecular weight excluding hydrogens is 307 g/mol. The number of hydrogen-bond acceptors (Lipinski definition) is 2. The number of hydrogen-bond donors (Lipinski definition) is 0. The highest BCUT2D eigenvalue weighted by molar-refractivity contribution is 6.33. The van der Waals surface area contributed by atoms with Gasteiger partial charge in [0.2, 0.25) is 0 Å². The highest BCUT2D eigenvalue weighted by Crippen LogP contribution is 2.30. The Hall–Kier alpha value is -2.10. The van der Waals surface area contributed by atoms with Crippen molar-refractivity contribution < 1.29 is 4.79 Å². The van der Waals surface area contributed by atoms with E-state index in [0.717, 1.165) is 11.3 Å². The zero-order valence-corrected chi connectivity index (χ0v) is 12.3. The number of para-hydroxylation sites is 1. The molecule has 0 atom stereocenters. The number of rotatable bonds is 3. The molecule has 0 N–H and O–H groups in total. The minimum Gasteiger partial charge on any atom is -0.298 e. The fourth-order valence-corrected chi connectivity index (χ4v) is 2.56. The van der Waals surface area contributed by atoms with E-state index in [1.165, 1.54) is 0 Å². The summed E-state index contributed by atoms with van der Waals surface area (Å²) in [5, 5.41) is 5.32. The molecule has 0 bridgehead atoms. The van der Waals surface area contributed by atoms with E-state index < -0.39 is 0 Å². The Labute approximate surface area is 131 Å². The Morgan fingerprint density at radius 1 is 1.00 bits per heavy atom. The van der Waals surface area contributed by atoms with E-state index in [0.29, 0.717) is 22.6 Å². The van der Waals surface area contributed by atoms with Crippen LogP contribution in [0.15, 0.2) is 54.6 Å². The Kier molecular flexibility index (Phi) is 3.78. The number of carbonyl (C=O) groups excluding carboxylic acids is 1. The van der Waals surface area contributed by atoms with Crippen molar-refractivity contribution in [1.29, 1.82) is 0 Å². The number of halogens is 2. The first-order valence-electron chi connectivity index (χ1n) is 6.26. The lowest BCUT2D eigenvalue weighted by molar-refractivity contribution is 0.112. The topological polar surface area (TPSA) is 34.9 Å². The smallest absolute Gasteiger partial charge is 0.155 e. The molecule has 2 aromatic carbocycles. The molecule has 3 rings (SSSR count). The SMILES string of the molecule is O=Cc1c(-c2cccc(Cl)c2)nn(-c2ccccc2)c1Cl. The molecule has 0 amide bonds. The second kappa shape index (κ2) is 5.72. The molecule has 0 unspecified atom stereocenters. The third-order valence-electron chi connectivity index (χ3n) is 3.08. The second-order valence-corrected chi connectivity index (χ2v) is 5.22. The first-order chi connectivity index (χ1) is 10.2. The quantitative estimate of drug-likeness (QED) is 0.659. The number of aromatic nitrogens is 2. The van der Waals surface area contributed by atoms with Gasteiger partial charge in [-0.3, -0.25) is 4.79 Å². The van der Waals surface area contributed by atoms with Gasteiger partial charge < -0.3 is 0 Å². The Morgan fingerprint density at radius 2 is 1.76 bits per heavy atom. The average Bonchev–Trinajstić information content (AvgIpc) is 2.85. The van der Waals surface area contributed by atoms with E-state index in [1.807, 2.05) is 42.5 Å². The van der Waals surface area contributed by atoms with Gasteiger partial charge in [0.15, 0.2) is 6.29 Å². The van der Waals surface area contributed by atoms with Crippen molar-refractivity contribution in [1.82, 2.24) is 9.78 Å². The van der Waals surface area contributed by atoms with Gasteiger partial charge >= 0.3 is 0 Å². The number of aldehydes is 1. The molecule has 0 fully saturated rings. The molecule has 0 radical (unpaired) electrons. The van der Waals surface area contributed by atoms with Gasteiger partial charge in [-0.1, -0.05) is 53.5 Å². The molecular formula is C16H10Cl2N2O. The van der Waals surface area contributed by atoms with Crippen molar-refractivity contribution in [3.63, 3.8) is 0 Å². The van der Waals surface area contributed by atoms with Gasteiger partial charge in [0.05, 0.1) is 11.3 Å². The maximum Gasteiger partial charge on any atom is 0.155 e. The van der Waals surface area contributed by atoms with Crippen molar-refractivity contribution >= 4 is 29.5 Å². The predicted molar refractivity (Wildman–Crippen MR) is 84.4 cm³/mol. The zero-order chi connectivity index (χ0) is 14.8. The summed E-state index contributed by atoms with van der Waals surface area (Å²) in [4.78, 5) is 11.4. The molecule has 5 heteroatoms. The molecule has 0 spiro atoms.